The van der Waals surface area contributed by atoms with Crippen molar-refractivity contribution in [3.8, 4) is 0 Å². The zero-order valence-corrected chi connectivity index (χ0v) is 13.2. The first-order valence-electron chi connectivity index (χ1n) is 4.28. The van der Waals surface area contributed by atoms with Gasteiger partial charge in [0.05, 0.1) is 0 Å². The SMILES string of the molecule is CS(=O)(=O)[C@@](Cl)(Br)[C@@H](O)c1ccc(Cl)cc1Cl. The van der Waals surface area contributed by atoms with Crippen molar-refractivity contribution in [2.75, 3.05) is 6.26 Å². The summed E-state index contributed by atoms with van der Waals surface area (Å²) in [5.74, 6) is 0. The van der Waals surface area contributed by atoms with Crippen LogP contribution in [0.15, 0.2) is 18.2 Å². The van der Waals surface area contributed by atoms with Gasteiger partial charge in [-0.25, -0.2) is 8.42 Å². The molecule has 1 N–H and O–H groups in total. The second kappa shape index (κ2) is 5.23. The number of sulfone groups is 1. The molecule has 0 spiro atoms. The molecule has 1 aromatic carbocycles. The third kappa shape index (κ3) is 3.28. The highest BCUT2D eigenvalue weighted by molar-refractivity contribution is 9.12. The van der Waals surface area contributed by atoms with Gasteiger partial charge in [0.15, 0.2) is 9.84 Å². The lowest BCUT2D eigenvalue weighted by molar-refractivity contribution is 0.185. The summed E-state index contributed by atoms with van der Waals surface area (Å²) in [6.07, 6.45) is -0.620. The summed E-state index contributed by atoms with van der Waals surface area (Å²) < 4.78 is 20.8. The minimum Gasteiger partial charge on any atom is -0.384 e. The summed E-state index contributed by atoms with van der Waals surface area (Å²) in [5, 5.41) is 10.5. The van der Waals surface area contributed by atoms with Gasteiger partial charge in [-0.15, -0.1) is 0 Å². The first-order valence-corrected chi connectivity index (χ1v) is 8.09. The Morgan fingerprint density at radius 2 is 1.94 bits per heavy atom. The number of aliphatic hydroxyl groups is 1. The molecule has 0 fully saturated rings. The van der Waals surface area contributed by atoms with Gasteiger partial charge in [0.25, 0.3) is 0 Å². The van der Waals surface area contributed by atoms with E-state index in [1.807, 2.05) is 0 Å². The van der Waals surface area contributed by atoms with Gasteiger partial charge in [-0.1, -0.05) is 40.9 Å². The highest BCUT2D eigenvalue weighted by Gasteiger charge is 2.44. The smallest absolute Gasteiger partial charge is 0.228 e. The van der Waals surface area contributed by atoms with E-state index in [9.17, 15) is 13.5 Å². The molecule has 8 heteroatoms. The van der Waals surface area contributed by atoms with E-state index in [1.54, 1.807) is 0 Å². The van der Waals surface area contributed by atoms with Crippen LogP contribution >= 0.6 is 50.7 Å². The van der Waals surface area contributed by atoms with Crippen LogP contribution in [0.1, 0.15) is 11.7 Å². The topological polar surface area (TPSA) is 54.4 Å². The number of hydrogen-bond acceptors (Lipinski definition) is 3. The molecular weight excluding hydrogens is 374 g/mol. The molecule has 17 heavy (non-hydrogen) atoms. The predicted octanol–water partition coefficient (Wildman–Crippen LogP) is 3.36. The van der Waals surface area contributed by atoms with Crippen molar-refractivity contribution in [3.63, 3.8) is 0 Å². The molecule has 0 aliphatic heterocycles. The molecule has 2 atom stereocenters. The van der Waals surface area contributed by atoms with E-state index < -0.39 is 19.1 Å². The molecule has 96 valence electrons. The van der Waals surface area contributed by atoms with E-state index in [4.69, 9.17) is 34.8 Å². The van der Waals surface area contributed by atoms with Crippen molar-refractivity contribution < 1.29 is 13.5 Å². The molecule has 0 aromatic heterocycles. The molecule has 0 aliphatic rings. The molecule has 0 aliphatic carbocycles. The highest BCUT2D eigenvalue weighted by Crippen LogP contribution is 2.44. The van der Waals surface area contributed by atoms with Crippen molar-refractivity contribution in [1.82, 2.24) is 0 Å². The molecule has 3 nitrogen and oxygen atoms in total. The fourth-order valence-electron chi connectivity index (χ4n) is 1.11. The molecule has 0 saturated heterocycles. The molecule has 1 rings (SSSR count). The number of benzene rings is 1. The van der Waals surface area contributed by atoms with Crippen LogP contribution < -0.4 is 0 Å². The zero-order valence-electron chi connectivity index (χ0n) is 8.49. The quantitative estimate of drug-likeness (QED) is 0.816. The summed E-state index contributed by atoms with van der Waals surface area (Å²) in [6.45, 7) is 0. The summed E-state index contributed by atoms with van der Waals surface area (Å²) in [5.41, 5.74) is 0.174. The predicted molar refractivity (Wildman–Crippen MR) is 73.8 cm³/mol. The fourth-order valence-corrected chi connectivity index (χ4v) is 2.52. The molecule has 1 aromatic rings. The molecule has 0 bridgehead atoms. The van der Waals surface area contributed by atoms with Crippen LogP contribution in [-0.4, -0.2) is 22.9 Å². The second-order valence-electron chi connectivity index (χ2n) is 3.40. The standard InChI is InChI=1S/C9H8BrCl3O3S/c1-17(15,16)9(10,13)8(14)6-3-2-5(11)4-7(6)12/h2-4,8,14H,1H3/t8-,9+/m0/s1. The average Bonchev–Trinajstić information content (AvgIpc) is 2.14. The number of halogens is 4. The monoisotopic (exact) mass is 380 g/mol. The molecule has 0 unspecified atom stereocenters. The van der Waals surface area contributed by atoms with Crippen molar-refractivity contribution in [2.24, 2.45) is 0 Å². The van der Waals surface area contributed by atoms with Crippen LogP contribution in [-0.2, 0) is 9.84 Å². The normalized spacial score (nSPS) is 17.5. The lowest BCUT2D eigenvalue weighted by Crippen LogP contribution is -2.32. The maximum Gasteiger partial charge on any atom is 0.228 e. The summed E-state index contributed by atoms with van der Waals surface area (Å²) in [4.78, 5) is 0. The van der Waals surface area contributed by atoms with Gasteiger partial charge in [-0.05, 0) is 28.1 Å². The highest BCUT2D eigenvalue weighted by atomic mass is 79.9. The maximum absolute atomic E-state index is 11.4. The van der Waals surface area contributed by atoms with Crippen molar-refractivity contribution in [1.29, 1.82) is 0 Å². The maximum atomic E-state index is 11.4. The number of hydrogen-bond donors (Lipinski definition) is 1. The van der Waals surface area contributed by atoms with Crippen LogP contribution in [0.2, 0.25) is 10.0 Å². The Morgan fingerprint density at radius 1 is 1.41 bits per heavy atom. The van der Waals surface area contributed by atoms with Crippen LogP contribution in [0.3, 0.4) is 0 Å². The van der Waals surface area contributed by atoms with E-state index >= 15 is 0 Å². The van der Waals surface area contributed by atoms with Gasteiger partial charge in [-0.2, -0.15) is 0 Å². The molecule has 0 radical (unpaired) electrons. The van der Waals surface area contributed by atoms with Crippen molar-refractivity contribution in [3.05, 3.63) is 33.8 Å². The van der Waals surface area contributed by atoms with Gasteiger partial charge in [0, 0.05) is 21.9 Å². The Kier molecular flexibility index (Phi) is 4.78. The van der Waals surface area contributed by atoms with Gasteiger partial charge >= 0.3 is 0 Å². The first kappa shape index (κ1) is 15.5. The van der Waals surface area contributed by atoms with Gasteiger partial charge in [0.2, 0.25) is 3.12 Å². The first-order chi connectivity index (χ1) is 7.57. The van der Waals surface area contributed by atoms with E-state index in [-0.39, 0.29) is 10.6 Å². The largest absolute Gasteiger partial charge is 0.384 e. The van der Waals surface area contributed by atoms with E-state index in [1.165, 1.54) is 18.2 Å². The van der Waals surface area contributed by atoms with Crippen molar-refractivity contribution >= 4 is 60.6 Å². The molecular formula is C9H8BrCl3O3S. The second-order valence-corrected chi connectivity index (χ2v) is 9.49. The van der Waals surface area contributed by atoms with E-state index in [0.29, 0.717) is 5.02 Å². The zero-order chi connectivity index (χ0) is 13.4. The van der Waals surface area contributed by atoms with Crippen LogP contribution in [0.4, 0.5) is 0 Å². The third-order valence-corrected chi connectivity index (χ3v) is 7.09. The van der Waals surface area contributed by atoms with Crippen LogP contribution in [0, 0.1) is 0 Å². The number of aliphatic hydroxyl groups excluding tert-OH is 1. The van der Waals surface area contributed by atoms with E-state index in [0.717, 1.165) is 6.26 Å². The number of rotatable bonds is 3. The Balaban J connectivity index is 3.26. The minimum atomic E-state index is -3.74. The van der Waals surface area contributed by atoms with Gasteiger partial charge in [-0.3, -0.25) is 0 Å². The summed E-state index contributed by atoms with van der Waals surface area (Å²) >= 11 is 20.1. The lowest BCUT2D eigenvalue weighted by Gasteiger charge is -2.25. The third-order valence-electron chi connectivity index (χ3n) is 2.07. The number of alkyl halides is 2. The average molecular weight is 382 g/mol. The summed E-state index contributed by atoms with van der Waals surface area (Å²) in [6, 6.07) is 4.29. The van der Waals surface area contributed by atoms with Gasteiger partial charge in [0.1, 0.15) is 6.10 Å². The Bertz CT molecular complexity index is 530. The molecule has 0 saturated carbocycles. The fraction of sp³-hybridized carbons (Fsp3) is 0.333. The Hall–Kier alpha value is 0.480. The Labute approximate surface area is 123 Å². The summed E-state index contributed by atoms with van der Waals surface area (Å²) in [7, 11) is -3.74. The van der Waals surface area contributed by atoms with Gasteiger partial charge < -0.3 is 5.11 Å². The molecule has 0 heterocycles. The van der Waals surface area contributed by atoms with Crippen LogP contribution in [0.25, 0.3) is 0 Å². The Morgan fingerprint density at radius 3 is 2.35 bits per heavy atom. The lowest BCUT2D eigenvalue weighted by atomic mass is 10.1. The molecule has 0 amide bonds. The van der Waals surface area contributed by atoms with E-state index in [2.05, 4.69) is 15.9 Å². The van der Waals surface area contributed by atoms with Crippen molar-refractivity contribution in [2.45, 2.75) is 9.22 Å². The minimum absolute atomic E-state index is 0.137. The van der Waals surface area contributed by atoms with Crippen LogP contribution in [0.5, 0.6) is 0 Å².